The fraction of sp³-hybridized carbons (Fsp3) is 0.227. The number of amides is 1. The third kappa shape index (κ3) is 2.28. The van der Waals surface area contributed by atoms with Crippen LogP contribution in [0.4, 0.5) is 5.69 Å². The Hall–Kier alpha value is -3.21. The van der Waals surface area contributed by atoms with Gasteiger partial charge >= 0.3 is 0 Å². The van der Waals surface area contributed by atoms with E-state index in [4.69, 9.17) is 0 Å². The van der Waals surface area contributed by atoms with Gasteiger partial charge in [0, 0.05) is 24.0 Å². The van der Waals surface area contributed by atoms with E-state index in [-0.39, 0.29) is 17.8 Å². The second-order valence-corrected chi connectivity index (χ2v) is 7.47. The number of nitrogens with one attached hydrogen (secondary N) is 1. The van der Waals surface area contributed by atoms with Crippen molar-refractivity contribution in [2.75, 3.05) is 18.0 Å². The molecule has 1 atom stereocenters. The molecule has 2 N–H and O–H groups in total. The Labute approximate surface area is 157 Å². The number of rotatable bonds is 2. The summed E-state index contributed by atoms with van der Waals surface area (Å²) in [7, 11) is 0. The van der Waals surface area contributed by atoms with E-state index in [1.165, 1.54) is 5.56 Å². The molecule has 1 amide bonds. The maximum Gasteiger partial charge on any atom is 0.257 e. The van der Waals surface area contributed by atoms with E-state index in [0.29, 0.717) is 13.1 Å². The minimum atomic E-state index is -0.192. The summed E-state index contributed by atoms with van der Waals surface area (Å²) in [5.74, 6) is 0.330. The van der Waals surface area contributed by atoms with Crippen molar-refractivity contribution in [3.05, 3.63) is 71.4 Å². The molecule has 27 heavy (non-hydrogen) atoms. The fourth-order valence-electron chi connectivity index (χ4n) is 4.45. The van der Waals surface area contributed by atoms with Crippen molar-refractivity contribution in [1.82, 2.24) is 9.88 Å². The lowest BCUT2D eigenvalue weighted by Crippen LogP contribution is -2.52. The minimum Gasteiger partial charge on any atom is -0.508 e. The first kappa shape index (κ1) is 16.0. The highest BCUT2D eigenvalue weighted by Crippen LogP contribution is 2.44. The smallest absolute Gasteiger partial charge is 0.257 e. The second-order valence-electron chi connectivity index (χ2n) is 7.47. The third-order valence-electron chi connectivity index (χ3n) is 5.52. The summed E-state index contributed by atoms with van der Waals surface area (Å²) in [4.78, 5) is 20.9. The number of fused-ring (bicyclic) bond motifs is 6. The zero-order chi connectivity index (χ0) is 18.7. The number of phenolic OH excluding ortho intramolecular Hbond substituents is 1. The van der Waals surface area contributed by atoms with E-state index in [9.17, 15) is 9.90 Å². The topological polar surface area (TPSA) is 59.6 Å². The molecule has 0 radical (unpaired) electrons. The number of carbonyl (C=O) groups excluding carboxylic acids is 1. The molecule has 0 spiro atoms. The molecule has 0 saturated heterocycles. The Kier molecular flexibility index (Phi) is 3.34. The zero-order valence-corrected chi connectivity index (χ0v) is 15.2. The highest BCUT2D eigenvalue weighted by atomic mass is 16.3. The van der Waals surface area contributed by atoms with Crippen LogP contribution in [0.3, 0.4) is 0 Å². The van der Waals surface area contributed by atoms with Crippen LogP contribution in [-0.2, 0) is 6.42 Å². The highest BCUT2D eigenvalue weighted by molar-refractivity contribution is 6.02. The van der Waals surface area contributed by atoms with Crippen LogP contribution in [0.5, 0.6) is 5.75 Å². The average molecular weight is 359 g/mol. The summed E-state index contributed by atoms with van der Waals surface area (Å²) in [6.07, 6.45) is 0.576. The summed E-state index contributed by atoms with van der Waals surface area (Å²) in [6, 6.07) is 13.2. The Morgan fingerprint density at radius 3 is 2.93 bits per heavy atom. The van der Waals surface area contributed by atoms with E-state index in [2.05, 4.69) is 16.5 Å². The number of anilines is 1. The Morgan fingerprint density at radius 1 is 1.30 bits per heavy atom. The molecule has 2 aliphatic rings. The quantitative estimate of drug-likeness (QED) is 0.681. The van der Waals surface area contributed by atoms with Crippen molar-refractivity contribution in [2.24, 2.45) is 0 Å². The molecule has 0 bridgehead atoms. The van der Waals surface area contributed by atoms with E-state index in [0.717, 1.165) is 39.8 Å². The molecule has 5 rings (SSSR count). The van der Waals surface area contributed by atoms with Crippen LogP contribution in [-0.4, -0.2) is 34.0 Å². The first-order valence-corrected chi connectivity index (χ1v) is 9.19. The van der Waals surface area contributed by atoms with E-state index >= 15 is 0 Å². The second kappa shape index (κ2) is 5.64. The maximum atomic E-state index is 13.2. The molecular weight excluding hydrogens is 338 g/mol. The molecule has 136 valence electrons. The molecule has 3 aromatic rings. The fourth-order valence-corrected chi connectivity index (χ4v) is 4.45. The third-order valence-corrected chi connectivity index (χ3v) is 5.52. The predicted octanol–water partition coefficient (Wildman–Crippen LogP) is 3.97. The number of phenols is 1. The summed E-state index contributed by atoms with van der Waals surface area (Å²) in [5, 5.41) is 11.0. The lowest BCUT2D eigenvalue weighted by atomic mass is 9.95. The van der Waals surface area contributed by atoms with Gasteiger partial charge in [-0.1, -0.05) is 24.3 Å². The Balaban J connectivity index is 1.74. The van der Waals surface area contributed by atoms with Gasteiger partial charge in [0.25, 0.3) is 5.91 Å². The first-order valence-electron chi connectivity index (χ1n) is 9.19. The average Bonchev–Trinajstić information content (AvgIpc) is 3.02. The molecule has 3 heterocycles. The molecule has 0 aliphatic carbocycles. The van der Waals surface area contributed by atoms with Gasteiger partial charge in [0.15, 0.2) is 0 Å². The summed E-state index contributed by atoms with van der Waals surface area (Å²) >= 11 is 0. The van der Waals surface area contributed by atoms with Gasteiger partial charge in [-0.05, 0) is 49.2 Å². The number of hydrogen-bond acceptors (Lipinski definition) is 3. The van der Waals surface area contributed by atoms with Crippen molar-refractivity contribution in [3.8, 4) is 5.75 Å². The zero-order valence-electron chi connectivity index (χ0n) is 15.2. The SMILES string of the molecule is C=C(C)CN1c2ccccc2C(=O)N2CCc3c([nH]c4ccc(O)cc34)C21. The highest BCUT2D eigenvalue weighted by Gasteiger charge is 2.42. The Morgan fingerprint density at radius 2 is 2.11 bits per heavy atom. The van der Waals surface area contributed by atoms with Gasteiger partial charge in [0.2, 0.25) is 0 Å². The summed E-state index contributed by atoms with van der Waals surface area (Å²) in [5.41, 5.74) is 5.93. The van der Waals surface area contributed by atoms with Gasteiger partial charge in [-0.2, -0.15) is 0 Å². The van der Waals surface area contributed by atoms with Crippen molar-refractivity contribution in [3.63, 3.8) is 0 Å². The van der Waals surface area contributed by atoms with Crippen LogP contribution in [0.2, 0.25) is 0 Å². The molecule has 1 unspecified atom stereocenters. The molecule has 5 heteroatoms. The number of aromatic hydroxyl groups is 1. The van der Waals surface area contributed by atoms with Gasteiger partial charge in [-0.25, -0.2) is 0 Å². The molecule has 1 aromatic heterocycles. The number of aromatic nitrogens is 1. The number of nitrogens with zero attached hydrogens (tertiary/aromatic N) is 2. The van der Waals surface area contributed by atoms with E-state index in [1.54, 1.807) is 6.07 Å². The summed E-state index contributed by atoms with van der Waals surface area (Å²) < 4.78 is 0. The summed E-state index contributed by atoms with van der Waals surface area (Å²) in [6.45, 7) is 7.44. The predicted molar refractivity (Wildman–Crippen MR) is 106 cm³/mol. The number of hydrogen-bond donors (Lipinski definition) is 2. The van der Waals surface area contributed by atoms with Crippen LogP contribution in [0.1, 0.15) is 34.7 Å². The standard InChI is InChI=1S/C22H21N3O2/c1-13(2)12-25-19-6-4-3-5-16(19)22(27)24-10-9-15-17-11-14(26)7-8-18(17)23-20(15)21(24)25/h3-8,11,21,23,26H,1,9-10,12H2,2H3. The van der Waals surface area contributed by atoms with Gasteiger partial charge in [0.1, 0.15) is 11.9 Å². The van der Waals surface area contributed by atoms with E-state index < -0.39 is 0 Å². The van der Waals surface area contributed by atoms with Crippen LogP contribution < -0.4 is 4.90 Å². The molecule has 0 saturated carbocycles. The van der Waals surface area contributed by atoms with Crippen LogP contribution in [0, 0.1) is 0 Å². The lowest BCUT2D eigenvalue weighted by Gasteiger charge is -2.47. The maximum absolute atomic E-state index is 13.2. The van der Waals surface area contributed by atoms with Crippen LogP contribution >= 0.6 is 0 Å². The number of para-hydroxylation sites is 1. The van der Waals surface area contributed by atoms with Crippen molar-refractivity contribution >= 4 is 22.5 Å². The number of carbonyl (C=O) groups is 1. The number of aromatic amines is 1. The normalized spacial score (nSPS) is 18.3. The monoisotopic (exact) mass is 359 g/mol. The van der Waals surface area contributed by atoms with Crippen molar-refractivity contribution < 1.29 is 9.90 Å². The first-order chi connectivity index (χ1) is 13.0. The molecule has 2 aromatic carbocycles. The number of H-pyrrole nitrogens is 1. The van der Waals surface area contributed by atoms with Gasteiger partial charge in [0.05, 0.1) is 16.9 Å². The Bertz CT molecular complexity index is 1100. The molecule has 5 nitrogen and oxygen atoms in total. The van der Waals surface area contributed by atoms with Gasteiger partial charge in [-0.15, -0.1) is 0 Å². The lowest BCUT2D eigenvalue weighted by molar-refractivity contribution is 0.0630. The minimum absolute atomic E-state index is 0.0701. The van der Waals surface area contributed by atoms with E-state index in [1.807, 2.05) is 48.2 Å². The van der Waals surface area contributed by atoms with Crippen LogP contribution in [0.25, 0.3) is 10.9 Å². The van der Waals surface area contributed by atoms with Gasteiger partial charge in [-0.3, -0.25) is 4.79 Å². The van der Waals surface area contributed by atoms with Crippen LogP contribution in [0.15, 0.2) is 54.6 Å². The number of benzene rings is 2. The van der Waals surface area contributed by atoms with Crippen molar-refractivity contribution in [2.45, 2.75) is 19.5 Å². The molecular formula is C22H21N3O2. The molecule has 2 aliphatic heterocycles. The largest absolute Gasteiger partial charge is 0.508 e. The van der Waals surface area contributed by atoms with Crippen molar-refractivity contribution in [1.29, 1.82) is 0 Å². The van der Waals surface area contributed by atoms with Gasteiger partial charge < -0.3 is 19.9 Å². The molecule has 0 fully saturated rings.